The highest BCUT2D eigenvalue weighted by atomic mass is 19.4. The maximum absolute atomic E-state index is 12.7. The van der Waals surface area contributed by atoms with Gasteiger partial charge in [-0.15, -0.1) is 0 Å². The van der Waals surface area contributed by atoms with E-state index in [9.17, 15) is 13.2 Å². The van der Waals surface area contributed by atoms with E-state index in [1.165, 1.54) is 12.1 Å². The van der Waals surface area contributed by atoms with E-state index >= 15 is 0 Å². The molecular formula is C11H6F3N3. The van der Waals surface area contributed by atoms with E-state index in [2.05, 4.69) is 5.10 Å². The molecule has 2 aromatic rings. The van der Waals surface area contributed by atoms with Crippen molar-refractivity contribution in [1.82, 2.24) is 10.2 Å². The summed E-state index contributed by atoms with van der Waals surface area (Å²) in [6.45, 7) is 0. The van der Waals surface area contributed by atoms with Crippen LogP contribution in [0.3, 0.4) is 0 Å². The summed E-state index contributed by atoms with van der Waals surface area (Å²) in [5.74, 6) is 0. The Hall–Kier alpha value is -2.29. The highest BCUT2D eigenvalue weighted by molar-refractivity contribution is 5.71. The fourth-order valence-corrected chi connectivity index (χ4v) is 1.51. The van der Waals surface area contributed by atoms with Crippen LogP contribution in [0.5, 0.6) is 0 Å². The molecule has 1 N–H and O–H groups in total. The van der Waals surface area contributed by atoms with E-state index in [0.29, 0.717) is 5.56 Å². The van der Waals surface area contributed by atoms with E-state index in [-0.39, 0.29) is 11.3 Å². The largest absolute Gasteiger partial charge is 0.433 e. The Balaban J connectivity index is 2.68. The second-order valence-electron chi connectivity index (χ2n) is 3.30. The number of nitriles is 1. The van der Waals surface area contributed by atoms with Gasteiger partial charge in [0, 0.05) is 0 Å². The molecule has 86 valence electrons. The summed E-state index contributed by atoms with van der Waals surface area (Å²) >= 11 is 0. The fourth-order valence-electron chi connectivity index (χ4n) is 1.51. The molecule has 3 nitrogen and oxygen atoms in total. The molecule has 6 heteroatoms. The zero-order valence-corrected chi connectivity index (χ0v) is 8.42. The number of aromatic nitrogens is 2. The molecular weight excluding hydrogens is 231 g/mol. The van der Waals surface area contributed by atoms with E-state index in [4.69, 9.17) is 5.26 Å². The fraction of sp³-hybridized carbons (Fsp3) is 0.0909. The number of hydrogen-bond donors (Lipinski definition) is 1. The third kappa shape index (κ3) is 1.99. The highest BCUT2D eigenvalue weighted by Gasteiger charge is 2.37. The zero-order valence-electron chi connectivity index (χ0n) is 8.42. The van der Waals surface area contributed by atoms with Crippen molar-refractivity contribution in [2.75, 3.05) is 0 Å². The van der Waals surface area contributed by atoms with Crippen molar-refractivity contribution in [3.8, 4) is 17.2 Å². The SMILES string of the molecule is N#Cc1n[nH]c(C(F)(F)F)c1-c1ccccc1. The van der Waals surface area contributed by atoms with Crippen LogP contribution in [0.1, 0.15) is 11.4 Å². The Labute approximate surface area is 94.5 Å². The van der Waals surface area contributed by atoms with Crippen LogP contribution in [0.15, 0.2) is 30.3 Å². The first-order chi connectivity index (χ1) is 8.04. The molecule has 1 heterocycles. The Morgan fingerprint density at radius 1 is 1.18 bits per heavy atom. The molecule has 1 aromatic carbocycles. The number of nitrogens with zero attached hydrogens (tertiary/aromatic N) is 2. The molecule has 0 radical (unpaired) electrons. The predicted molar refractivity (Wildman–Crippen MR) is 53.7 cm³/mol. The van der Waals surface area contributed by atoms with Crippen LogP contribution in [0.25, 0.3) is 11.1 Å². The molecule has 0 bridgehead atoms. The van der Waals surface area contributed by atoms with Crippen molar-refractivity contribution < 1.29 is 13.2 Å². The number of benzene rings is 1. The molecule has 0 amide bonds. The molecule has 0 aliphatic heterocycles. The lowest BCUT2D eigenvalue weighted by atomic mass is 10.0. The summed E-state index contributed by atoms with van der Waals surface area (Å²) in [6, 6.07) is 9.53. The Morgan fingerprint density at radius 2 is 1.82 bits per heavy atom. The van der Waals surface area contributed by atoms with Gasteiger partial charge in [-0.2, -0.15) is 23.5 Å². The average molecular weight is 237 g/mol. The number of halogens is 3. The van der Waals surface area contributed by atoms with Gasteiger partial charge in [-0.05, 0) is 5.56 Å². The van der Waals surface area contributed by atoms with Crippen LogP contribution in [0, 0.1) is 11.3 Å². The first-order valence-electron chi connectivity index (χ1n) is 4.65. The van der Waals surface area contributed by atoms with Gasteiger partial charge in [0.25, 0.3) is 0 Å². The molecule has 0 aliphatic carbocycles. The topological polar surface area (TPSA) is 52.5 Å². The molecule has 2 rings (SSSR count). The number of alkyl halides is 3. The molecule has 0 saturated carbocycles. The summed E-state index contributed by atoms with van der Waals surface area (Å²) in [7, 11) is 0. The second kappa shape index (κ2) is 3.94. The van der Waals surface area contributed by atoms with E-state index in [1.54, 1.807) is 24.3 Å². The monoisotopic (exact) mass is 237 g/mol. The van der Waals surface area contributed by atoms with Gasteiger partial charge in [-0.3, -0.25) is 5.10 Å². The Morgan fingerprint density at radius 3 is 2.35 bits per heavy atom. The molecule has 0 fully saturated rings. The standard InChI is InChI=1S/C11H6F3N3/c12-11(13,14)10-9(8(6-15)16-17-10)7-4-2-1-3-5-7/h1-5H,(H,16,17). The van der Waals surface area contributed by atoms with Gasteiger partial charge in [0.05, 0.1) is 5.56 Å². The predicted octanol–water partition coefficient (Wildman–Crippen LogP) is 2.97. The molecule has 0 aliphatic rings. The number of rotatable bonds is 1. The summed E-state index contributed by atoms with van der Waals surface area (Å²) in [5, 5.41) is 14.0. The van der Waals surface area contributed by atoms with Gasteiger partial charge in [0.15, 0.2) is 5.69 Å². The first-order valence-corrected chi connectivity index (χ1v) is 4.65. The number of aromatic amines is 1. The van der Waals surface area contributed by atoms with Gasteiger partial charge in [-0.1, -0.05) is 30.3 Å². The molecule has 0 unspecified atom stereocenters. The van der Waals surface area contributed by atoms with E-state index in [0.717, 1.165) is 0 Å². The van der Waals surface area contributed by atoms with Gasteiger partial charge in [-0.25, -0.2) is 0 Å². The van der Waals surface area contributed by atoms with Gasteiger partial charge >= 0.3 is 6.18 Å². The normalized spacial score (nSPS) is 11.2. The quantitative estimate of drug-likeness (QED) is 0.828. The molecule has 17 heavy (non-hydrogen) atoms. The second-order valence-corrected chi connectivity index (χ2v) is 3.30. The van der Waals surface area contributed by atoms with Crippen molar-refractivity contribution in [2.24, 2.45) is 0 Å². The lowest BCUT2D eigenvalue weighted by molar-refractivity contribution is -0.140. The minimum atomic E-state index is -4.56. The van der Waals surface area contributed by atoms with Gasteiger partial charge in [0.2, 0.25) is 0 Å². The summed E-state index contributed by atoms with van der Waals surface area (Å²) in [5.41, 5.74) is -1.16. The van der Waals surface area contributed by atoms with Gasteiger partial charge in [0.1, 0.15) is 11.8 Å². The molecule has 0 spiro atoms. The van der Waals surface area contributed by atoms with Crippen molar-refractivity contribution in [2.45, 2.75) is 6.18 Å². The summed E-state index contributed by atoms with van der Waals surface area (Å²) in [6.07, 6.45) is -4.56. The van der Waals surface area contributed by atoms with Crippen LogP contribution in [0.2, 0.25) is 0 Å². The lowest BCUT2D eigenvalue weighted by Crippen LogP contribution is -2.07. The van der Waals surface area contributed by atoms with E-state index in [1.807, 2.05) is 5.10 Å². The third-order valence-electron chi connectivity index (χ3n) is 2.22. The first kappa shape index (κ1) is 11.2. The highest BCUT2D eigenvalue weighted by Crippen LogP contribution is 2.37. The molecule has 0 saturated heterocycles. The van der Waals surface area contributed by atoms with Crippen LogP contribution in [-0.4, -0.2) is 10.2 Å². The van der Waals surface area contributed by atoms with Crippen molar-refractivity contribution in [3.05, 3.63) is 41.7 Å². The van der Waals surface area contributed by atoms with Crippen LogP contribution < -0.4 is 0 Å². The zero-order chi connectivity index (χ0) is 12.5. The Kier molecular flexibility index (Phi) is 2.60. The lowest BCUT2D eigenvalue weighted by Gasteiger charge is -2.06. The molecule has 1 aromatic heterocycles. The number of nitrogens with one attached hydrogen (secondary N) is 1. The Bertz CT molecular complexity index is 564. The molecule has 0 atom stereocenters. The maximum atomic E-state index is 12.7. The minimum Gasteiger partial charge on any atom is -0.272 e. The van der Waals surface area contributed by atoms with Crippen molar-refractivity contribution in [1.29, 1.82) is 5.26 Å². The van der Waals surface area contributed by atoms with Gasteiger partial charge < -0.3 is 0 Å². The van der Waals surface area contributed by atoms with Crippen LogP contribution >= 0.6 is 0 Å². The van der Waals surface area contributed by atoms with Crippen molar-refractivity contribution in [3.63, 3.8) is 0 Å². The number of hydrogen-bond acceptors (Lipinski definition) is 2. The maximum Gasteiger partial charge on any atom is 0.433 e. The van der Waals surface area contributed by atoms with E-state index < -0.39 is 11.9 Å². The van der Waals surface area contributed by atoms with Crippen LogP contribution in [0.4, 0.5) is 13.2 Å². The van der Waals surface area contributed by atoms with Crippen LogP contribution in [-0.2, 0) is 6.18 Å². The minimum absolute atomic E-state index is 0.208. The average Bonchev–Trinajstić information content (AvgIpc) is 2.73. The third-order valence-corrected chi connectivity index (χ3v) is 2.22. The smallest absolute Gasteiger partial charge is 0.272 e. The van der Waals surface area contributed by atoms with Crippen molar-refractivity contribution >= 4 is 0 Å². The summed E-state index contributed by atoms with van der Waals surface area (Å²) in [4.78, 5) is 0. The number of H-pyrrole nitrogens is 1. The summed E-state index contributed by atoms with van der Waals surface area (Å²) < 4.78 is 38.1.